The van der Waals surface area contributed by atoms with Crippen molar-refractivity contribution < 1.29 is 19.1 Å². The molecule has 0 aromatic heterocycles. The first kappa shape index (κ1) is 15.9. The molecule has 0 radical (unpaired) electrons. The third kappa shape index (κ3) is 4.50. The van der Waals surface area contributed by atoms with Gasteiger partial charge in [-0.3, -0.25) is 9.59 Å². The molecule has 0 fully saturated rings. The third-order valence-corrected chi connectivity index (χ3v) is 2.57. The zero-order chi connectivity index (χ0) is 15.1. The first-order chi connectivity index (χ1) is 9.45. The summed E-state index contributed by atoms with van der Waals surface area (Å²) in [6.07, 6.45) is -0.198. The van der Waals surface area contributed by atoms with Crippen LogP contribution in [0.4, 0.5) is 0 Å². The SMILES string of the molecule is CCC(=O)C(NC(=O)c1ccccc1)C(=O)OC(C)C. The summed E-state index contributed by atoms with van der Waals surface area (Å²) >= 11 is 0. The number of ether oxygens (including phenoxy) is 1. The molecule has 1 rings (SSSR count). The van der Waals surface area contributed by atoms with E-state index in [9.17, 15) is 14.4 Å². The van der Waals surface area contributed by atoms with Gasteiger partial charge in [-0.1, -0.05) is 25.1 Å². The van der Waals surface area contributed by atoms with Crippen molar-refractivity contribution in [3.8, 4) is 0 Å². The topological polar surface area (TPSA) is 72.5 Å². The number of carbonyl (C=O) groups excluding carboxylic acids is 3. The molecule has 5 nitrogen and oxygen atoms in total. The van der Waals surface area contributed by atoms with E-state index in [2.05, 4.69) is 5.32 Å². The van der Waals surface area contributed by atoms with E-state index >= 15 is 0 Å². The molecule has 1 N–H and O–H groups in total. The molecule has 1 atom stereocenters. The fraction of sp³-hybridized carbons (Fsp3) is 0.400. The lowest BCUT2D eigenvalue weighted by atomic mass is 10.1. The van der Waals surface area contributed by atoms with Crippen molar-refractivity contribution in [1.29, 1.82) is 0 Å². The van der Waals surface area contributed by atoms with Gasteiger partial charge in [-0.25, -0.2) is 4.79 Å². The minimum Gasteiger partial charge on any atom is -0.461 e. The molecule has 0 saturated carbocycles. The van der Waals surface area contributed by atoms with Gasteiger partial charge in [-0.05, 0) is 26.0 Å². The fourth-order valence-electron chi connectivity index (χ4n) is 1.58. The van der Waals surface area contributed by atoms with Gasteiger partial charge in [0.1, 0.15) is 0 Å². The highest BCUT2D eigenvalue weighted by Crippen LogP contribution is 2.03. The highest BCUT2D eigenvalue weighted by Gasteiger charge is 2.29. The normalized spacial score (nSPS) is 11.8. The molecule has 0 aliphatic carbocycles. The van der Waals surface area contributed by atoms with E-state index < -0.39 is 17.9 Å². The van der Waals surface area contributed by atoms with Crippen LogP contribution in [0.25, 0.3) is 0 Å². The van der Waals surface area contributed by atoms with Gasteiger partial charge in [0.25, 0.3) is 5.91 Å². The van der Waals surface area contributed by atoms with Crippen LogP contribution in [0.3, 0.4) is 0 Å². The molecule has 0 spiro atoms. The number of amides is 1. The summed E-state index contributed by atoms with van der Waals surface area (Å²) in [5, 5.41) is 2.43. The lowest BCUT2D eigenvalue weighted by Gasteiger charge is -2.17. The first-order valence-electron chi connectivity index (χ1n) is 6.54. The summed E-state index contributed by atoms with van der Waals surface area (Å²) < 4.78 is 5.00. The van der Waals surface area contributed by atoms with Gasteiger partial charge in [0.2, 0.25) is 0 Å². The van der Waals surface area contributed by atoms with Crippen molar-refractivity contribution >= 4 is 17.7 Å². The second-order valence-electron chi connectivity index (χ2n) is 4.58. The molecule has 1 aromatic rings. The van der Waals surface area contributed by atoms with E-state index in [1.165, 1.54) is 0 Å². The number of nitrogens with one attached hydrogen (secondary N) is 1. The van der Waals surface area contributed by atoms with Crippen molar-refractivity contribution in [3.63, 3.8) is 0 Å². The lowest BCUT2D eigenvalue weighted by Crippen LogP contribution is -2.47. The maximum Gasteiger partial charge on any atom is 0.336 e. The van der Waals surface area contributed by atoms with Crippen molar-refractivity contribution in [1.82, 2.24) is 5.32 Å². The maximum absolute atomic E-state index is 12.0. The molecular weight excluding hydrogens is 258 g/mol. The Morgan fingerprint density at radius 2 is 1.75 bits per heavy atom. The van der Waals surface area contributed by atoms with Crippen molar-refractivity contribution in [2.24, 2.45) is 0 Å². The number of hydrogen-bond acceptors (Lipinski definition) is 4. The van der Waals surface area contributed by atoms with Crippen LogP contribution in [0, 0.1) is 0 Å². The quantitative estimate of drug-likeness (QED) is 0.634. The predicted octanol–water partition coefficient (Wildman–Crippen LogP) is 1.72. The molecule has 20 heavy (non-hydrogen) atoms. The Bertz CT molecular complexity index is 482. The Balaban J connectivity index is 2.82. The molecule has 1 unspecified atom stereocenters. The summed E-state index contributed by atoms with van der Waals surface area (Å²) in [7, 11) is 0. The molecule has 0 aliphatic heterocycles. The van der Waals surface area contributed by atoms with E-state index in [-0.39, 0.29) is 18.3 Å². The van der Waals surface area contributed by atoms with E-state index in [1.807, 2.05) is 0 Å². The number of benzene rings is 1. The Morgan fingerprint density at radius 1 is 1.15 bits per heavy atom. The van der Waals surface area contributed by atoms with Crippen LogP contribution >= 0.6 is 0 Å². The molecular formula is C15H19NO4. The average Bonchev–Trinajstić information content (AvgIpc) is 2.43. The molecule has 0 aliphatic rings. The summed E-state index contributed by atoms with van der Waals surface area (Å²) in [4.78, 5) is 35.6. The van der Waals surface area contributed by atoms with Gasteiger partial charge in [0.15, 0.2) is 11.8 Å². The Morgan fingerprint density at radius 3 is 2.25 bits per heavy atom. The monoisotopic (exact) mass is 277 g/mol. The summed E-state index contributed by atoms with van der Waals surface area (Å²) in [5.41, 5.74) is 0.388. The predicted molar refractivity (Wildman–Crippen MR) is 74.2 cm³/mol. The largest absolute Gasteiger partial charge is 0.461 e. The smallest absolute Gasteiger partial charge is 0.336 e. The summed E-state index contributed by atoms with van der Waals surface area (Å²) in [6.45, 7) is 5.00. The standard InChI is InChI=1S/C15H19NO4/c1-4-12(17)13(15(19)20-10(2)3)16-14(18)11-8-6-5-7-9-11/h5-10,13H,4H2,1-3H3,(H,16,18). The van der Waals surface area contributed by atoms with Gasteiger partial charge in [0, 0.05) is 12.0 Å². The van der Waals surface area contributed by atoms with Crippen molar-refractivity contribution in [3.05, 3.63) is 35.9 Å². The second-order valence-corrected chi connectivity index (χ2v) is 4.58. The molecule has 0 heterocycles. The highest BCUT2D eigenvalue weighted by molar-refractivity contribution is 6.08. The van der Waals surface area contributed by atoms with Crippen LogP contribution in [-0.2, 0) is 14.3 Å². The zero-order valence-corrected chi connectivity index (χ0v) is 11.9. The molecule has 0 bridgehead atoms. The van der Waals surface area contributed by atoms with E-state index in [0.717, 1.165) is 0 Å². The maximum atomic E-state index is 12.0. The second kappa shape index (κ2) is 7.43. The minimum absolute atomic E-state index is 0.146. The van der Waals surface area contributed by atoms with E-state index in [4.69, 9.17) is 4.74 Å². The molecule has 1 amide bonds. The average molecular weight is 277 g/mol. The number of carbonyl (C=O) groups is 3. The fourth-order valence-corrected chi connectivity index (χ4v) is 1.58. The first-order valence-corrected chi connectivity index (χ1v) is 6.54. The van der Waals surface area contributed by atoms with Crippen LogP contribution in [0.1, 0.15) is 37.6 Å². The molecule has 108 valence electrons. The third-order valence-electron chi connectivity index (χ3n) is 2.57. The number of ketones is 1. The van der Waals surface area contributed by atoms with Gasteiger partial charge >= 0.3 is 5.97 Å². The summed E-state index contributed by atoms with van der Waals surface area (Å²) in [6, 6.07) is 7.15. The molecule has 1 aromatic carbocycles. The van der Waals surface area contributed by atoms with Gasteiger partial charge in [-0.2, -0.15) is 0 Å². The Kier molecular flexibility index (Phi) is 5.90. The lowest BCUT2D eigenvalue weighted by molar-refractivity contribution is -0.152. The zero-order valence-electron chi connectivity index (χ0n) is 11.9. The Hall–Kier alpha value is -2.17. The van der Waals surface area contributed by atoms with Crippen molar-refractivity contribution in [2.75, 3.05) is 0 Å². The van der Waals surface area contributed by atoms with Crippen LogP contribution in [-0.4, -0.2) is 29.8 Å². The van der Waals surface area contributed by atoms with Gasteiger partial charge in [0.05, 0.1) is 6.10 Å². The van der Waals surface area contributed by atoms with Crippen LogP contribution in [0.15, 0.2) is 30.3 Å². The molecule has 0 saturated heterocycles. The highest BCUT2D eigenvalue weighted by atomic mass is 16.5. The van der Waals surface area contributed by atoms with Crippen molar-refractivity contribution in [2.45, 2.75) is 39.3 Å². The number of esters is 1. The van der Waals surface area contributed by atoms with Crippen LogP contribution in [0.5, 0.6) is 0 Å². The number of rotatable bonds is 6. The van der Waals surface area contributed by atoms with Gasteiger partial charge in [-0.15, -0.1) is 0 Å². The minimum atomic E-state index is -1.25. The van der Waals surface area contributed by atoms with Crippen LogP contribution < -0.4 is 5.32 Å². The van der Waals surface area contributed by atoms with Crippen LogP contribution in [0.2, 0.25) is 0 Å². The summed E-state index contributed by atoms with van der Waals surface area (Å²) in [5.74, 6) is -1.57. The molecule has 5 heteroatoms. The number of Topliss-reactive ketones (excluding diaryl/α,β-unsaturated/α-hetero) is 1. The van der Waals surface area contributed by atoms with E-state index in [0.29, 0.717) is 5.56 Å². The number of hydrogen-bond donors (Lipinski definition) is 1. The van der Waals surface area contributed by atoms with E-state index in [1.54, 1.807) is 51.1 Å². The van der Waals surface area contributed by atoms with Gasteiger partial charge < -0.3 is 10.1 Å². The Labute approximate surface area is 118 Å².